The van der Waals surface area contributed by atoms with E-state index in [4.69, 9.17) is 30.5 Å². The Bertz CT molecular complexity index is 2210. The molecule has 0 spiro atoms. The summed E-state index contributed by atoms with van der Waals surface area (Å²) < 4.78 is 24.7. The second kappa shape index (κ2) is 15.9. The number of ether oxygens (including phenoxy) is 4. The molecule has 2 N–H and O–H groups in total. The molecule has 3 heterocycles. The van der Waals surface area contributed by atoms with Crippen molar-refractivity contribution in [1.29, 1.82) is 0 Å². The minimum absolute atomic E-state index is 0.000836. The molecule has 0 aliphatic carbocycles. The van der Waals surface area contributed by atoms with Crippen molar-refractivity contribution in [2.24, 2.45) is 0 Å². The van der Waals surface area contributed by atoms with E-state index in [1.54, 1.807) is 23.6 Å². The fourth-order valence-electron chi connectivity index (χ4n) is 7.82. The molecular weight excluding hydrogens is 742 g/mol. The van der Waals surface area contributed by atoms with Crippen LogP contribution in [0.4, 0.5) is 5.82 Å². The lowest BCUT2D eigenvalue weighted by Crippen LogP contribution is -2.42. The molecule has 2 aromatic heterocycles. The van der Waals surface area contributed by atoms with Gasteiger partial charge < -0.3 is 29.4 Å². The highest BCUT2D eigenvalue weighted by Gasteiger charge is 2.47. The monoisotopic (exact) mass is 791 g/mol. The van der Waals surface area contributed by atoms with Crippen LogP contribution in [-0.4, -0.2) is 66.8 Å². The third kappa shape index (κ3) is 9.20. The first kappa shape index (κ1) is 42.2. The predicted octanol–water partition coefficient (Wildman–Crippen LogP) is 6.82. The lowest BCUT2D eigenvalue weighted by atomic mass is 9.78. The van der Waals surface area contributed by atoms with Crippen molar-refractivity contribution in [3.8, 4) is 11.5 Å². The first-order valence-corrected chi connectivity index (χ1v) is 18.7. The molecular formula is C41H50ClN5O9. The van der Waals surface area contributed by atoms with Crippen molar-refractivity contribution in [3.05, 3.63) is 69.3 Å². The van der Waals surface area contributed by atoms with Crippen LogP contribution in [0.2, 0.25) is 5.28 Å². The number of imidazole rings is 1. The van der Waals surface area contributed by atoms with Crippen molar-refractivity contribution < 1.29 is 43.2 Å². The van der Waals surface area contributed by atoms with E-state index in [1.807, 2.05) is 67.5 Å². The number of esters is 3. The van der Waals surface area contributed by atoms with Gasteiger partial charge in [0.05, 0.1) is 18.9 Å². The first-order valence-electron chi connectivity index (χ1n) is 18.3. The van der Waals surface area contributed by atoms with Gasteiger partial charge in [-0.15, -0.1) is 0 Å². The molecule has 0 radical (unpaired) electrons. The molecule has 1 amide bonds. The van der Waals surface area contributed by atoms with Gasteiger partial charge in [0.15, 0.2) is 17.0 Å². The normalized spacial score (nSPS) is 18.5. The van der Waals surface area contributed by atoms with Crippen LogP contribution in [0.5, 0.6) is 11.5 Å². The van der Waals surface area contributed by atoms with Crippen LogP contribution in [0.15, 0.2) is 30.6 Å². The van der Waals surface area contributed by atoms with Crippen LogP contribution in [0.3, 0.4) is 0 Å². The molecule has 56 heavy (non-hydrogen) atoms. The Balaban J connectivity index is 1.29. The Kier molecular flexibility index (Phi) is 12.0. The van der Waals surface area contributed by atoms with Crippen molar-refractivity contribution in [2.75, 3.05) is 11.9 Å². The molecule has 14 nitrogen and oxygen atoms in total. The molecule has 4 aromatic rings. The summed E-state index contributed by atoms with van der Waals surface area (Å²) in [5.74, 6) is -0.965. The molecule has 1 saturated heterocycles. The van der Waals surface area contributed by atoms with Gasteiger partial charge in [0.2, 0.25) is 11.2 Å². The molecule has 0 unspecified atom stereocenters. The van der Waals surface area contributed by atoms with Crippen molar-refractivity contribution in [3.63, 3.8) is 0 Å². The molecule has 5 rings (SSSR count). The fourth-order valence-corrected chi connectivity index (χ4v) is 7.98. The predicted molar refractivity (Wildman–Crippen MR) is 209 cm³/mol. The largest absolute Gasteiger partial charge is 0.462 e. The average molecular weight is 792 g/mol. The zero-order valence-corrected chi connectivity index (χ0v) is 34.5. The standard InChI is InChI=1S/C41H50ClN5O9/c1-21-12-23(3)33(27(14-21)54-25(5)48)39(7,8)17-30(51)44-36-35-37(46-38(42)45-36)47(20-43-35)31-16-29(50)41(11,56-31)19-53-32(52)18-40(9,10)34-24(4)13-22(2)15-28(34)55-26(6)49/h12-15,20,29,31,50H,16-19H2,1-11H3,(H,44,45,46,51)/t29-,31+,41+/m0/s1. The summed E-state index contributed by atoms with van der Waals surface area (Å²) in [5, 5.41) is 13.9. The number of nitrogens with zero attached hydrogens (tertiary/aromatic N) is 4. The third-order valence-electron chi connectivity index (χ3n) is 9.95. The van der Waals surface area contributed by atoms with E-state index in [-0.39, 0.29) is 54.0 Å². The Morgan fingerprint density at radius 3 is 1.98 bits per heavy atom. The maximum Gasteiger partial charge on any atom is 0.308 e. The topological polar surface area (TPSA) is 181 Å². The van der Waals surface area contributed by atoms with E-state index in [0.29, 0.717) is 11.5 Å². The average Bonchev–Trinajstić information content (AvgIpc) is 3.58. The summed E-state index contributed by atoms with van der Waals surface area (Å²) in [6.07, 6.45) is -0.294. The highest BCUT2D eigenvalue weighted by atomic mass is 35.5. The molecule has 3 atom stereocenters. The number of hydrogen-bond donors (Lipinski definition) is 2. The second-order valence-electron chi connectivity index (χ2n) is 16.2. The summed E-state index contributed by atoms with van der Waals surface area (Å²) in [6.45, 7) is 19.2. The Labute approximate surface area is 331 Å². The number of carbonyl (C=O) groups is 4. The highest BCUT2D eigenvalue weighted by molar-refractivity contribution is 6.28. The summed E-state index contributed by atoms with van der Waals surface area (Å²) >= 11 is 6.36. The van der Waals surface area contributed by atoms with Crippen LogP contribution >= 0.6 is 11.6 Å². The van der Waals surface area contributed by atoms with Gasteiger partial charge in [-0.2, -0.15) is 9.97 Å². The van der Waals surface area contributed by atoms with Gasteiger partial charge in [-0.1, -0.05) is 39.8 Å². The Morgan fingerprint density at radius 1 is 0.911 bits per heavy atom. The number of amides is 1. The van der Waals surface area contributed by atoms with Crippen LogP contribution in [0, 0.1) is 27.7 Å². The van der Waals surface area contributed by atoms with E-state index in [0.717, 1.165) is 33.4 Å². The smallest absolute Gasteiger partial charge is 0.308 e. The maximum absolute atomic E-state index is 13.6. The number of carbonyl (C=O) groups excluding carboxylic acids is 4. The minimum atomic E-state index is -1.29. The molecule has 2 aromatic carbocycles. The number of aliphatic hydroxyl groups is 1. The number of fused-ring (bicyclic) bond motifs is 1. The van der Waals surface area contributed by atoms with Gasteiger partial charge in [-0.05, 0) is 80.6 Å². The SMILES string of the molecule is CC(=O)Oc1cc(C)cc(C)c1C(C)(C)CC(=O)Nc1nc(Cl)nc2c1ncn2[C@H]1C[C@H](O)[C@@](C)(COC(=O)CC(C)(C)c2c(C)cc(C)cc2OC(C)=O)O1. The second-order valence-corrected chi connectivity index (χ2v) is 16.6. The summed E-state index contributed by atoms with van der Waals surface area (Å²) in [7, 11) is 0. The van der Waals surface area contributed by atoms with Crippen LogP contribution in [-0.2, 0) is 39.5 Å². The van der Waals surface area contributed by atoms with Crippen LogP contribution in [0.1, 0.15) is 107 Å². The molecule has 1 aliphatic heterocycles. The summed E-state index contributed by atoms with van der Waals surface area (Å²) in [6, 6.07) is 7.48. The highest BCUT2D eigenvalue weighted by Crippen LogP contribution is 2.42. The molecule has 1 aliphatic rings. The van der Waals surface area contributed by atoms with E-state index >= 15 is 0 Å². The van der Waals surface area contributed by atoms with Crippen LogP contribution in [0.25, 0.3) is 11.2 Å². The van der Waals surface area contributed by atoms with Gasteiger partial charge in [0, 0.05) is 48.6 Å². The number of halogens is 1. The minimum Gasteiger partial charge on any atom is -0.462 e. The number of rotatable bonds is 12. The van der Waals surface area contributed by atoms with E-state index in [1.165, 1.54) is 20.2 Å². The first-order chi connectivity index (χ1) is 26.0. The van der Waals surface area contributed by atoms with Gasteiger partial charge >= 0.3 is 17.9 Å². The number of aliphatic hydroxyl groups excluding tert-OH is 1. The van der Waals surface area contributed by atoms with Gasteiger partial charge in [-0.3, -0.25) is 23.7 Å². The number of benzene rings is 2. The lowest BCUT2D eigenvalue weighted by Gasteiger charge is -2.30. The molecule has 1 fully saturated rings. The van der Waals surface area contributed by atoms with Gasteiger partial charge in [-0.25, -0.2) is 4.98 Å². The maximum atomic E-state index is 13.6. The van der Waals surface area contributed by atoms with Gasteiger partial charge in [0.25, 0.3) is 0 Å². The zero-order chi connectivity index (χ0) is 41.5. The summed E-state index contributed by atoms with van der Waals surface area (Å²) in [4.78, 5) is 63.7. The molecule has 0 saturated carbocycles. The van der Waals surface area contributed by atoms with Crippen molar-refractivity contribution in [2.45, 2.75) is 124 Å². The summed E-state index contributed by atoms with van der Waals surface area (Å²) in [5.41, 5.74) is 2.73. The lowest BCUT2D eigenvalue weighted by molar-refractivity contribution is -0.163. The number of nitrogens with one attached hydrogen (secondary N) is 1. The Morgan fingerprint density at radius 2 is 1.45 bits per heavy atom. The third-order valence-corrected chi connectivity index (χ3v) is 10.1. The van der Waals surface area contributed by atoms with E-state index in [2.05, 4.69) is 20.3 Å². The number of aromatic nitrogens is 4. The number of aryl methyl sites for hydroxylation is 4. The van der Waals surface area contributed by atoms with Crippen molar-refractivity contribution >= 4 is 52.4 Å². The Hall–Kier alpha value is -4.92. The van der Waals surface area contributed by atoms with Crippen LogP contribution < -0.4 is 14.8 Å². The molecule has 300 valence electrons. The quantitative estimate of drug-likeness (QED) is 0.0870. The number of anilines is 1. The zero-order valence-electron chi connectivity index (χ0n) is 33.7. The van der Waals surface area contributed by atoms with E-state index < -0.39 is 46.7 Å². The van der Waals surface area contributed by atoms with Crippen molar-refractivity contribution in [1.82, 2.24) is 19.5 Å². The molecule has 15 heteroatoms. The van der Waals surface area contributed by atoms with E-state index in [9.17, 15) is 24.3 Å². The fraction of sp³-hybridized carbons (Fsp3) is 0.488. The van der Waals surface area contributed by atoms with Gasteiger partial charge in [0.1, 0.15) is 29.9 Å². The number of hydrogen-bond acceptors (Lipinski definition) is 12. The molecule has 0 bridgehead atoms.